The summed E-state index contributed by atoms with van der Waals surface area (Å²) in [7, 11) is 1.68. The molecule has 4 rings (SSSR count). The molecular formula is C21H23N3O2S. The van der Waals surface area contributed by atoms with Crippen LogP contribution >= 0.6 is 12.2 Å². The summed E-state index contributed by atoms with van der Waals surface area (Å²) in [5, 5.41) is 8.47. The SMILES string of the molecule is COc1cccc(C2=NOC3(CCN(C(=S)Nc4ccccc4)CC3)C2)c1. The molecule has 2 heterocycles. The van der Waals surface area contributed by atoms with Crippen LogP contribution in [0.15, 0.2) is 59.8 Å². The van der Waals surface area contributed by atoms with Crippen molar-refractivity contribution in [2.24, 2.45) is 5.16 Å². The van der Waals surface area contributed by atoms with Gasteiger partial charge in [-0.1, -0.05) is 35.5 Å². The smallest absolute Gasteiger partial charge is 0.173 e. The van der Waals surface area contributed by atoms with E-state index in [1.54, 1.807) is 7.11 Å². The maximum absolute atomic E-state index is 5.93. The summed E-state index contributed by atoms with van der Waals surface area (Å²) in [6.07, 6.45) is 2.63. The van der Waals surface area contributed by atoms with Crippen molar-refractivity contribution < 1.29 is 9.57 Å². The molecule has 2 aliphatic rings. The van der Waals surface area contributed by atoms with Crippen molar-refractivity contribution in [3.05, 3.63) is 60.2 Å². The predicted octanol–water partition coefficient (Wildman–Crippen LogP) is 4.05. The zero-order valence-corrected chi connectivity index (χ0v) is 16.2. The summed E-state index contributed by atoms with van der Waals surface area (Å²) < 4.78 is 5.32. The lowest BCUT2D eigenvalue weighted by molar-refractivity contribution is -0.0521. The molecule has 2 aromatic carbocycles. The van der Waals surface area contributed by atoms with Crippen LogP contribution in [0.3, 0.4) is 0 Å². The Hall–Kier alpha value is -2.60. The molecule has 1 saturated heterocycles. The molecule has 0 atom stereocenters. The van der Waals surface area contributed by atoms with E-state index in [1.807, 2.05) is 48.5 Å². The molecule has 27 heavy (non-hydrogen) atoms. The van der Waals surface area contributed by atoms with E-state index in [1.165, 1.54) is 0 Å². The number of anilines is 1. The van der Waals surface area contributed by atoms with E-state index >= 15 is 0 Å². The van der Waals surface area contributed by atoms with Crippen LogP contribution in [-0.4, -0.2) is 41.5 Å². The van der Waals surface area contributed by atoms with Crippen LogP contribution in [0.4, 0.5) is 5.69 Å². The van der Waals surface area contributed by atoms with E-state index in [0.29, 0.717) is 0 Å². The summed E-state index contributed by atoms with van der Waals surface area (Å²) in [5.41, 5.74) is 2.86. The molecule has 6 heteroatoms. The van der Waals surface area contributed by atoms with Gasteiger partial charge in [0.2, 0.25) is 0 Å². The fourth-order valence-corrected chi connectivity index (χ4v) is 3.89. The quantitative estimate of drug-likeness (QED) is 0.813. The minimum atomic E-state index is -0.211. The number of rotatable bonds is 3. The number of thiocarbonyl (C=S) groups is 1. The van der Waals surface area contributed by atoms with Gasteiger partial charge in [0.15, 0.2) is 5.11 Å². The Morgan fingerprint density at radius 2 is 1.93 bits per heavy atom. The standard InChI is InChI=1S/C21H23N3O2S/c1-25-18-9-5-6-16(14-18)19-15-21(26-23-19)10-12-24(13-11-21)20(27)22-17-7-3-2-4-8-17/h2-9,14H,10-13,15H2,1H3,(H,22,27). The maximum atomic E-state index is 5.93. The highest BCUT2D eigenvalue weighted by Crippen LogP contribution is 2.36. The Bertz CT molecular complexity index is 846. The van der Waals surface area contributed by atoms with Crippen LogP contribution in [0, 0.1) is 0 Å². The molecule has 1 spiro atoms. The summed E-state index contributed by atoms with van der Waals surface area (Å²) in [5.74, 6) is 0.836. The van der Waals surface area contributed by atoms with Crippen molar-refractivity contribution in [1.29, 1.82) is 0 Å². The first-order valence-corrected chi connectivity index (χ1v) is 9.59. The van der Waals surface area contributed by atoms with Gasteiger partial charge in [-0.2, -0.15) is 0 Å². The Morgan fingerprint density at radius 3 is 2.67 bits per heavy atom. The topological polar surface area (TPSA) is 46.1 Å². The second kappa shape index (κ2) is 7.56. The lowest BCUT2D eigenvalue weighted by Gasteiger charge is -2.38. The molecule has 2 aromatic rings. The van der Waals surface area contributed by atoms with E-state index in [9.17, 15) is 0 Å². The Morgan fingerprint density at radius 1 is 1.15 bits per heavy atom. The van der Waals surface area contributed by atoms with Crippen LogP contribution in [-0.2, 0) is 4.84 Å². The van der Waals surface area contributed by atoms with E-state index in [4.69, 9.17) is 21.8 Å². The number of nitrogens with zero attached hydrogens (tertiary/aromatic N) is 2. The van der Waals surface area contributed by atoms with Gasteiger partial charge in [-0.25, -0.2) is 0 Å². The van der Waals surface area contributed by atoms with Crippen molar-refractivity contribution in [1.82, 2.24) is 4.90 Å². The van der Waals surface area contributed by atoms with Gasteiger partial charge in [0, 0.05) is 43.6 Å². The molecular weight excluding hydrogens is 358 g/mol. The average molecular weight is 382 g/mol. The van der Waals surface area contributed by atoms with Crippen LogP contribution in [0.1, 0.15) is 24.8 Å². The first-order valence-electron chi connectivity index (χ1n) is 9.18. The highest BCUT2D eigenvalue weighted by molar-refractivity contribution is 7.80. The number of hydrogen-bond donors (Lipinski definition) is 1. The first-order chi connectivity index (χ1) is 13.2. The third-order valence-electron chi connectivity index (χ3n) is 5.23. The fraction of sp³-hybridized carbons (Fsp3) is 0.333. The van der Waals surface area contributed by atoms with Crippen LogP contribution in [0.5, 0.6) is 5.75 Å². The van der Waals surface area contributed by atoms with Gasteiger partial charge in [0.1, 0.15) is 11.4 Å². The highest BCUT2D eigenvalue weighted by atomic mass is 32.1. The number of oxime groups is 1. The molecule has 140 valence electrons. The van der Waals surface area contributed by atoms with Crippen molar-refractivity contribution in [2.45, 2.75) is 24.9 Å². The number of benzene rings is 2. The number of nitrogens with one attached hydrogen (secondary N) is 1. The van der Waals surface area contributed by atoms with Crippen LogP contribution in [0.25, 0.3) is 0 Å². The Balaban J connectivity index is 1.35. The molecule has 1 fully saturated rings. The molecule has 5 nitrogen and oxygen atoms in total. The third kappa shape index (κ3) is 3.90. The highest BCUT2D eigenvalue weighted by Gasteiger charge is 2.42. The minimum Gasteiger partial charge on any atom is -0.497 e. The molecule has 0 aliphatic carbocycles. The van der Waals surface area contributed by atoms with E-state index in [-0.39, 0.29) is 5.60 Å². The Kier molecular flexibility index (Phi) is 4.99. The van der Waals surface area contributed by atoms with Crippen LogP contribution < -0.4 is 10.1 Å². The molecule has 0 bridgehead atoms. The minimum absolute atomic E-state index is 0.211. The zero-order valence-electron chi connectivity index (χ0n) is 15.4. The van der Waals surface area contributed by atoms with E-state index < -0.39 is 0 Å². The van der Waals surface area contributed by atoms with Crippen molar-refractivity contribution in [2.75, 3.05) is 25.5 Å². The largest absolute Gasteiger partial charge is 0.497 e. The van der Waals surface area contributed by atoms with Gasteiger partial charge < -0.3 is 19.8 Å². The Labute approximate surface area is 165 Å². The molecule has 0 unspecified atom stereocenters. The van der Waals surface area contributed by atoms with Crippen LogP contribution in [0.2, 0.25) is 0 Å². The monoisotopic (exact) mass is 381 g/mol. The average Bonchev–Trinajstić information content (AvgIpc) is 3.13. The van der Waals surface area contributed by atoms with Crippen molar-refractivity contribution >= 4 is 28.7 Å². The summed E-state index contributed by atoms with van der Waals surface area (Å²) in [6, 6.07) is 18.0. The molecule has 2 aliphatic heterocycles. The molecule has 0 amide bonds. The summed E-state index contributed by atoms with van der Waals surface area (Å²) >= 11 is 5.58. The first kappa shape index (κ1) is 17.8. The molecule has 0 radical (unpaired) electrons. The van der Waals surface area contributed by atoms with E-state index in [2.05, 4.69) is 21.4 Å². The number of para-hydroxylation sites is 1. The number of methoxy groups -OCH3 is 1. The van der Waals surface area contributed by atoms with Gasteiger partial charge >= 0.3 is 0 Å². The van der Waals surface area contributed by atoms with Gasteiger partial charge in [-0.15, -0.1) is 0 Å². The summed E-state index contributed by atoms with van der Waals surface area (Å²) in [6.45, 7) is 1.72. The second-order valence-corrected chi connectivity index (χ2v) is 7.39. The van der Waals surface area contributed by atoms with Crippen molar-refractivity contribution in [3.8, 4) is 5.75 Å². The predicted molar refractivity (Wildman–Crippen MR) is 111 cm³/mol. The summed E-state index contributed by atoms with van der Waals surface area (Å²) in [4.78, 5) is 8.13. The van der Waals surface area contributed by atoms with Crippen molar-refractivity contribution in [3.63, 3.8) is 0 Å². The van der Waals surface area contributed by atoms with E-state index in [0.717, 1.165) is 60.2 Å². The fourth-order valence-electron chi connectivity index (χ4n) is 3.59. The number of likely N-dealkylation sites (tertiary alicyclic amines) is 1. The lowest BCUT2D eigenvalue weighted by Crippen LogP contribution is -2.48. The normalized spacial score (nSPS) is 18.0. The van der Waals surface area contributed by atoms with Gasteiger partial charge in [-0.3, -0.25) is 0 Å². The third-order valence-corrected chi connectivity index (χ3v) is 5.59. The van der Waals surface area contributed by atoms with Gasteiger partial charge in [0.05, 0.1) is 12.8 Å². The van der Waals surface area contributed by atoms with Gasteiger partial charge in [-0.05, 0) is 36.5 Å². The lowest BCUT2D eigenvalue weighted by atomic mass is 9.85. The maximum Gasteiger partial charge on any atom is 0.173 e. The molecule has 1 N–H and O–H groups in total. The molecule has 0 saturated carbocycles. The van der Waals surface area contributed by atoms with Gasteiger partial charge in [0.25, 0.3) is 0 Å². The second-order valence-electron chi connectivity index (χ2n) is 7.00. The number of ether oxygens (including phenoxy) is 1. The number of piperidine rings is 1. The number of hydrogen-bond acceptors (Lipinski definition) is 4. The zero-order chi connectivity index (χ0) is 18.7. The molecule has 0 aromatic heterocycles.